The monoisotopic (exact) mass is 253 g/mol. The number of hydrogen-bond donors (Lipinski definition) is 0. The van der Waals surface area contributed by atoms with Crippen LogP contribution in [0.3, 0.4) is 0 Å². The predicted molar refractivity (Wildman–Crippen MR) is 69.9 cm³/mol. The molecule has 1 aromatic rings. The van der Waals surface area contributed by atoms with E-state index in [1.54, 1.807) is 19.2 Å². The highest BCUT2D eigenvalue weighted by Crippen LogP contribution is 2.10. The molecular weight excluding hydrogens is 234 g/mol. The summed E-state index contributed by atoms with van der Waals surface area (Å²) in [4.78, 5) is 24.3. The van der Waals surface area contributed by atoms with Crippen LogP contribution in [0.5, 0.6) is 0 Å². The molecule has 1 heterocycles. The van der Waals surface area contributed by atoms with E-state index in [2.05, 4.69) is 4.90 Å². The lowest BCUT2D eigenvalue weighted by Gasteiger charge is -2.18. The Labute approximate surface area is 106 Å². The smallest absolute Gasteiger partial charge is 0.308 e. The molecular formula is C12H19N3O3. The van der Waals surface area contributed by atoms with Crippen molar-refractivity contribution in [2.24, 2.45) is 0 Å². The van der Waals surface area contributed by atoms with Crippen LogP contribution in [0.4, 0.5) is 5.69 Å². The summed E-state index contributed by atoms with van der Waals surface area (Å²) in [6.45, 7) is 8.66. The first-order valence-corrected chi connectivity index (χ1v) is 6.08. The molecule has 0 aliphatic carbocycles. The fourth-order valence-corrected chi connectivity index (χ4v) is 1.84. The van der Waals surface area contributed by atoms with Crippen LogP contribution in [0.2, 0.25) is 0 Å². The lowest BCUT2D eigenvalue weighted by Crippen LogP contribution is -2.31. The van der Waals surface area contributed by atoms with Crippen molar-refractivity contribution in [1.82, 2.24) is 9.47 Å². The highest BCUT2D eigenvalue weighted by molar-refractivity contribution is 5.35. The van der Waals surface area contributed by atoms with Crippen LogP contribution < -0.4 is 5.56 Å². The van der Waals surface area contributed by atoms with Crippen LogP contribution in [0.25, 0.3) is 0 Å². The van der Waals surface area contributed by atoms with Gasteiger partial charge in [-0.15, -0.1) is 0 Å². The van der Waals surface area contributed by atoms with E-state index < -0.39 is 10.5 Å². The number of hydrogen-bond acceptors (Lipinski definition) is 4. The molecule has 100 valence electrons. The zero-order chi connectivity index (χ0) is 13.7. The maximum atomic E-state index is 11.9. The van der Waals surface area contributed by atoms with Gasteiger partial charge in [-0.2, -0.15) is 0 Å². The van der Waals surface area contributed by atoms with E-state index in [0.717, 1.165) is 13.1 Å². The molecule has 0 bridgehead atoms. The molecule has 0 unspecified atom stereocenters. The molecule has 0 saturated carbocycles. The summed E-state index contributed by atoms with van der Waals surface area (Å²) < 4.78 is 1.41. The Balaban J connectivity index is 2.95. The lowest BCUT2D eigenvalue weighted by molar-refractivity contribution is -0.387. The van der Waals surface area contributed by atoms with Crippen molar-refractivity contribution in [1.29, 1.82) is 0 Å². The van der Waals surface area contributed by atoms with Gasteiger partial charge >= 0.3 is 11.2 Å². The number of nitrogens with zero attached hydrogens (tertiary/aromatic N) is 3. The molecule has 6 heteroatoms. The Morgan fingerprint density at radius 1 is 1.39 bits per heavy atom. The third-order valence-electron chi connectivity index (χ3n) is 3.08. The minimum Gasteiger partial charge on any atom is -0.308 e. The van der Waals surface area contributed by atoms with Crippen LogP contribution in [-0.2, 0) is 6.54 Å². The summed E-state index contributed by atoms with van der Waals surface area (Å²) in [6, 6.07) is 1.61. The van der Waals surface area contributed by atoms with Gasteiger partial charge in [-0.1, -0.05) is 13.8 Å². The van der Waals surface area contributed by atoms with Gasteiger partial charge in [0, 0.05) is 24.8 Å². The molecule has 0 aromatic carbocycles. The number of aryl methyl sites for hydroxylation is 1. The highest BCUT2D eigenvalue weighted by Gasteiger charge is 2.18. The van der Waals surface area contributed by atoms with Gasteiger partial charge in [0.2, 0.25) is 0 Å². The molecule has 0 amide bonds. The fourth-order valence-electron chi connectivity index (χ4n) is 1.84. The van der Waals surface area contributed by atoms with Crippen molar-refractivity contribution in [2.75, 3.05) is 19.6 Å². The van der Waals surface area contributed by atoms with E-state index in [1.807, 2.05) is 13.8 Å². The lowest BCUT2D eigenvalue weighted by atomic mass is 10.2. The molecule has 0 spiro atoms. The second kappa shape index (κ2) is 6.30. The van der Waals surface area contributed by atoms with E-state index in [1.165, 1.54) is 4.57 Å². The topological polar surface area (TPSA) is 68.4 Å². The van der Waals surface area contributed by atoms with Crippen molar-refractivity contribution in [3.05, 3.63) is 38.3 Å². The van der Waals surface area contributed by atoms with Crippen LogP contribution >= 0.6 is 0 Å². The summed E-state index contributed by atoms with van der Waals surface area (Å²) in [7, 11) is 0. The maximum absolute atomic E-state index is 11.9. The summed E-state index contributed by atoms with van der Waals surface area (Å²) in [5, 5.41) is 10.8. The predicted octanol–water partition coefficient (Wildman–Crippen LogP) is 1.41. The minimum atomic E-state index is -0.606. The van der Waals surface area contributed by atoms with Gasteiger partial charge in [-0.05, 0) is 26.1 Å². The Bertz CT molecular complexity index is 478. The third-order valence-corrected chi connectivity index (χ3v) is 3.08. The SMILES string of the molecule is CCN(CC)CCn1ccc(C)c([N+](=O)[O-])c1=O. The highest BCUT2D eigenvalue weighted by atomic mass is 16.6. The average Bonchev–Trinajstić information content (AvgIpc) is 2.32. The Morgan fingerprint density at radius 2 is 2.00 bits per heavy atom. The van der Waals surface area contributed by atoms with E-state index in [4.69, 9.17) is 0 Å². The van der Waals surface area contributed by atoms with Crippen LogP contribution in [-0.4, -0.2) is 34.0 Å². The van der Waals surface area contributed by atoms with Gasteiger partial charge in [0.1, 0.15) is 0 Å². The second-order valence-electron chi connectivity index (χ2n) is 4.13. The third kappa shape index (κ3) is 3.16. The van der Waals surface area contributed by atoms with Crippen molar-refractivity contribution in [2.45, 2.75) is 27.3 Å². The number of likely N-dealkylation sites (N-methyl/N-ethyl adjacent to an activating group) is 1. The summed E-state index contributed by atoms with van der Waals surface area (Å²) in [5.74, 6) is 0. The van der Waals surface area contributed by atoms with E-state index in [9.17, 15) is 14.9 Å². The summed E-state index contributed by atoms with van der Waals surface area (Å²) >= 11 is 0. The zero-order valence-corrected chi connectivity index (χ0v) is 11.0. The Kier molecular flexibility index (Phi) is 5.03. The van der Waals surface area contributed by atoms with Gasteiger partial charge < -0.3 is 9.47 Å². The van der Waals surface area contributed by atoms with Crippen LogP contribution in [0.1, 0.15) is 19.4 Å². The Hall–Kier alpha value is -1.69. The summed E-state index contributed by atoms with van der Waals surface area (Å²) in [6.07, 6.45) is 1.62. The first kappa shape index (κ1) is 14.4. The normalized spacial score (nSPS) is 10.9. The number of rotatable bonds is 6. The molecule has 0 aliphatic heterocycles. The van der Waals surface area contributed by atoms with E-state index in [0.29, 0.717) is 18.7 Å². The molecule has 0 atom stereocenters. The van der Waals surface area contributed by atoms with Crippen molar-refractivity contribution >= 4 is 5.69 Å². The molecule has 1 rings (SSSR count). The molecule has 0 radical (unpaired) electrons. The van der Waals surface area contributed by atoms with Gasteiger partial charge in [-0.3, -0.25) is 14.9 Å². The molecule has 1 aromatic heterocycles. The molecule has 6 nitrogen and oxygen atoms in total. The van der Waals surface area contributed by atoms with Crippen molar-refractivity contribution in [3.63, 3.8) is 0 Å². The largest absolute Gasteiger partial charge is 0.336 e. The average molecular weight is 253 g/mol. The van der Waals surface area contributed by atoms with Crippen LogP contribution in [0, 0.1) is 17.0 Å². The number of pyridine rings is 1. The number of aromatic nitrogens is 1. The van der Waals surface area contributed by atoms with Gasteiger partial charge in [0.25, 0.3) is 0 Å². The standard InChI is InChI=1S/C12H19N3O3/c1-4-13(5-2)8-9-14-7-6-10(3)11(12(14)16)15(17)18/h6-7H,4-5,8-9H2,1-3H3. The van der Waals surface area contributed by atoms with Gasteiger partial charge in [0.15, 0.2) is 0 Å². The molecule has 0 saturated heterocycles. The van der Waals surface area contributed by atoms with Crippen LogP contribution in [0.15, 0.2) is 17.1 Å². The molecule has 0 N–H and O–H groups in total. The molecule has 0 aliphatic rings. The van der Waals surface area contributed by atoms with Crippen molar-refractivity contribution in [3.8, 4) is 0 Å². The maximum Gasteiger partial charge on any atom is 0.336 e. The molecule has 18 heavy (non-hydrogen) atoms. The first-order valence-electron chi connectivity index (χ1n) is 6.08. The fraction of sp³-hybridized carbons (Fsp3) is 0.583. The van der Waals surface area contributed by atoms with Gasteiger partial charge in [-0.25, -0.2) is 0 Å². The first-order chi connectivity index (χ1) is 8.51. The molecule has 0 fully saturated rings. The van der Waals surface area contributed by atoms with E-state index >= 15 is 0 Å². The van der Waals surface area contributed by atoms with E-state index in [-0.39, 0.29) is 5.69 Å². The quantitative estimate of drug-likeness (QED) is 0.567. The number of nitro groups is 1. The minimum absolute atomic E-state index is 0.322. The summed E-state index contributed by atoms with van der Waals surface area (Å²) in [5.41, 5.74) is -0.437. The Morgan fingerprint density at radius 3 is 2.50 bits per heavy atom. The van der Waals surface area contributed by atoms with Gasteiger partial charge in [0.05, 0.1) is 4.92 Å². The zero-order valence-electron chi connectivity index (χ0n) is 11.0. The van der Waals surface area contributed by atoms with Crippen molar-refractivity contribution < 1.29 is 4.92 Å². The second-order valence-corrected chi connectivity index (χ2v) is 4.13.